The third-order valence-corrected chi connectivity index (χ3v) is 2.85. The number of hydrogen-bond acceptors (Lipinski definition) is 0. The molecule has 1 saturated carbocycles. The molecule has 0 aliphatic heterocycles. The van der Waals surface area contributed by atoms with Gasteiger partial charge in [-0.15, -0.1) is 6.58 Å². The van der Waals surface area contributed by atoms with Crippen molar-refractivity contribution in [3.63, 3.8) is 0 Å². The molecular weight excluding hydrogens is 132 g/mol. The second-order valence-corrected chi connectivity index (χ2v) is 3.93. The number of unbranched alkanes of at least 4 members (excludes halogenated alkanes) is 1. The average molecular weight is 152 g/mol. The number of hydrogen-bond donors (Lipinski definition) is 0. The maximum atomic E-state index is 3.75. The molecular formula is C11H20. The molecule has 0 amide bonds. The molecule has 0 nitrogen and oxygen atoms in total. The molecule has 1 rings (SSSR count). The Hall–Kier alpha value is -0.260. The van der Waals surface area contributed by atoms with Crippen molar-refractivity contribution in [2.45, 2.75) is 51.9 Å². The summed E-state index contributed by atoms with van der Waals surface area (Å²) in [6, 6.07) is 0. The lowest BCUT2D eigenvalue weighted by atomic mass is 9.94. The maximum absolute atomic E-state index is 3.75. The molecule has 0 heterocycles. The van der Waals surface area contributed by atoms with Gasteiger partial charge in [0.15, 0.2) is 0 Å². The highest BCUT2D eigenvalue weighted by molar-refractivity contribution is 4.92. The summed E-state index contributed by atoms with van der Waals surface area (Å²) in [5.41, 5.74) is 0.803. The second-order valence-electron chi connectivity index (χ2n) is 3.93. The predicted molar refractivity (Wildman–Crippen MR) is 50.6 cm³/mol. The lowest BCUT2D eigenvalue weighted by Gasteiger charge is -2.11. The van der Waals surface area contributed by atoms with E-state index in [-0.39, 0.29) is 0 Å². The summed E-state index contributed by atoms with van der Waals surface area (Å²) in [6.45, 7) is 6.05. The van der Waals surface area contributed by atoms with Gasteiger partial charge in [0.2, 0.25) is 0 Å². The summed E-state index contributed by atoms with van der Waals surface area (Å²) in [5.74, 6) is 0. The van der Waals surface area contributed by atoms with Crippen molar-refractivity contribution in [3.8, 4) is 0 Å². The van der Waals surface area contributed by atoms with Crippen LogP contribution in [0.3, 0.4) is 0 Å². The molecule has 1 aliphatic rings. The van der Waals surface area contributed by atoms with Gasteiger partial charge in [-0.3, -0.25) is 0 Å². The highest BCUT2D eigenvalue weighted by Crippen LogP contribution is 2.53. The van der Waals surface area contributed by atoms with E-state index in [2.05, 4.69) is 13.5 Å². The standard InChI is InChI=1S/C11H20/c1-3-5-6-8-11(7-4-2)9-10-11/h3H,1,4-10H2,2H3. The average Bonchev–Trinajstić information content (AvgIpc) is 2.71. The molecule has 0 aromatic heterocycles. The SMILES string of the molecule is C=CCCCC1(CCC)CC1. The molecule has 0 atom stereocenters. The van der Waals surface area contributed by atoms with Crippen molar-refractivity contribution in [3.05, 3.63) is 12.7 Å². The zero-order chi connectivity index (χ0) is 8.16. The van der Waals surface area contributed by atoms with Crippen LogP contribution in [0.25, 0.3) is 0 Å². The minimum atomic E-state index is 0.803. The van der Waals surface area contributed by atoms with Crippen molar-refractivity contribution in [1.82, 2.24) is 0 Å². The third kappa shape index (κ3) is 2.69. The molecule has 0 saturated heterocycles. The molecule has 0 spiro atoms. The van der Waals surface area contributed by atoms with Crippen molar-refractivity contribution in [1.29, 1.82) is 0 Å². The molecule has 11 heavy (non-hydrogen) atoms. The molecule has 0 aromatic carbocycles. The minimum Gasteiger partial charge on any atom is -0.103 e. The van der Waals surface area contributed by atoms with Crippen molar-refractivity contribution < 1.29 is 0 Å². The molecule has 0 radical (unpaired) electrons. The third-order valence-electron chi connectivity index (χ3n) is 2.85. The summed E-state index contributed by atoms with van der Waals surface area (Å²) in [5, 5.41) is 0. The van der Waals surface area contributed by atoms with Gasteiger partial charge >= 0.3 is 0 Å². The van der Waals surface area contributed by atoms with Crippen LogP contribution in [0.4, 0.5) is 0 Å². The molecule has 0 unspecified atom stereocenters. The van der Waals surface area contributed by atoms with E-state index < -0.39 is 0 Å². The highest BCUT2D eigenvalue weighted by Gasteiger charge is 2.40. The molecule has 0 aromatic rings. The number of rotatable bonds is 6. The second kappa shape index (κ2) is 3.94. The van der Waals surface area contributed by atoms with Crippen molar-refractivity contribution in [2.75, 3.05) is 0 Å². The fourth-order valence-corrected chi connectivity index (χ4v) is 1.95. The summed E-state index contributed by atoms with van der Waals surface area (Å²) in [7, 11) is 0. The Balaban J connectivity index is 2.08. The molecule has 1 fully saturated rings. The van der Waals surface area contributed by atoms with Crippen LogP contribution in [-0.4, -0.2) is 0 Å². The van der Waals surface area contributed by atoms with Crippen LogP contribution in [0.15, 0.2) is 12.7 Å². The highest BCUT2D eigenvalue weighted by atomic mass is 14.4. The van der Waals surface area contributed by atoms with E-state index in [1.807, 2.05) is 6.08 Å². The zero-order valence-electron chi connectivity index (χ0n) is 7.73. The van der Waals surface area contributed by atoms with Gasteiger partial charge in [-0.1, -0.05) is 19.4 Å². The predicted octanol–water partition coefficient (Wildman–Crippen LogP) is 3.92. The van der Waals surface area contributed by atoms with Gasteiger partial charge in [0.1, 0.15) is 0 Å². The Morgan fingerprint density at radius 3 is 2.55 bits per heavy atom. The van der Waals surface area contributed by atoms with Gasteiger partial charge in [-0.25, -0.2) is 0 Å². The van der Waals surface area contributed by atoms with Crippen LogP contribution in [0.2, 0.25) is 0 Å². The summed E-state index contributed by atoms with van der Waals surface area (Å²) in [4.78, 5) is 0. The van der Waals surface area contributed by atoms with E-state index in [9.17, 15) is 0 Å². The molecule has 1 aliphatic carbocycles. The van der Waals surface area contributed by atoms with E-state index in [1.165, 1.54) is 44.9 Å². The van der Waals surface area contributed by atoms with Gasteiger partial charge < -0.3 is 0 Å². The first-order valence-electron chi connectivity index (χ1n) is 4.94. The monoisotopic (exact) mass is 152 g/mol. The molecule has 64 valence electrons. The summed E-state index contributed by atoms with van der Waals surface area (Å²) >= 11 is 0. The first kappa shape index (κ1) is 8.83. The minimum absolute atomic E-state index is 0.803. The van der Waals surface area contributed by atoms with Gasteiger partial charge in [0, 0.05) is 0 Å². The van der Waals surface area contributed by atoms with Crippen LogP contribution >= 0.6 is 0 Å². The lowest BCUT2D eigenvalue weighted by molar-refractivity contribution is 0.412. The van der Waals surface area contributed by atoms with Crippen LogP contribution < -0.4 is 0 Å². The van der Waals surface area contributed by atoms with Gasteiger partial charge in [-0.2, -0.15) is 0 Å². The Morgan fingerprint density at radius 2 is 2.09 bits per heavy atom. The Bertz CT molecular complexity index is 120. The first-order valence-corrected chi connectivity index (χ1v) is 4.94. The zero-order valence-corrected chi connectivity index (χ0v) is 7.73. The van der Waals surface area contributed by atoms with E-state index in [4.69, 9.17) is 0 Å². The van der Waals surface area contributed by atoms with Crippen LogP contribution in [-0.2, 0) is 0 Å². The maximum Gasteiger partial charge on any atom is -0.0297 e. The Labute approximate surface area is 70.7 Å². The Morgan fingerprint density at radius 1 is 1.36 bits per heavy atom. The fraction of sp³-hybridized carbons (Fsp3) is 0.818. The van der Waals surface area contributed by atoms with Gasteiger partial charge in [0.25, 0.3) is 0 Å². The quantitative estimate of drug-likeness (QED) is 0.399. The van der Waals surface area contributed by atoms with Gasteiger partial charge in [0.05, 0.1) is 0 Å². The fourth-order valence-electron chi connectivity index (χ4n) is 1.95. The van der Waals surface area contributed by atoms with E-state index in [0.29, 0.717) is 0 Å². The van der Waals surface area contributed by atoms with Crippen LogP contribution in [0.1, 0.15) is 51.9 Å². The van der Waals surface area contributed by atoms with E-state index >= 15 is 0 Å². The Kier molecular flexibility index (Phi) is 3.16. The molecule has 0 N–H and O–H groups in total. The van der Waals surface area contributed by atoms with Crippen molar-refractivity contribution >= 4 is 0 Å². The number of allylic oxidation sites excluding steroid dienone is 1. The van der Waals surface area contributed by atoms with Crippen LogP contribution in [0.5, 0.6) is 0 Å². The molecule has 0 heteroatoms. The van der Waals surface area contributed by atoms with Crippen molar-refractivity contribution in [2.24, 2.45) is 5.41 Å². The normalized spacial score (nSPS) is 19.7. The molecule has 0 bridgehead atoms. The topological polar surface area (TPSA) is 0 Å². The van der Waals surface area contributed by atoms with Gasteiger partial charge in [-0.05, 0) is 43.9 Å². The largest absolute Gasteiger partial charge is 0.103 e. The van der Waals surface area contributed by atoms with E-state index in [1.54, 1.807) is 0 Å². The van der Waals surface area contributed by atoms with E-state index in [0.717, 1.165) is 5.41 Å². The smallest absolute Gasteiger partial charge is 0.0297 e. The summed E-state index contributed by atoms with van der Waals surface area (Å²) < 4.78 is 0. The summed E-state index contributed by atoms with van der Waals surface area (Å²) in [6.07, 6.45) is 11.9. The first-order chi connectivity index (χ1) is 5.33. The van der Waals surface area contributed by atoms with Crippen LogP contribution in [0, 0.1) is 5.41 Å². The lowest BCUT2D eigenvalue weighted by Crippen LogP contribution is -1.98.